The van der Waals surface area contributed by atoms with E-state index in [1.54, 1.807) is 46.6 Å². The molecule has 0 aromatic heterocycles. The van der Waals surface area contributed by atoms with Crippen LogP contribution in [0, 0.1) is 5.82 Å². The Labute approximate surface area is 132 Å². The molecule has 21 heavy (non-hydrogen) atoms. The highest BCUT2D eigenvalue weighted by Crippen LogP contribution is 2.34. The van der Waals surface area contributed by atoms with Crippen molar-refractivity contribution in [2.45, 2.75) is 31.1 Å². The average Bonchev–Trinajstić information content (AvgIpc) is 2.88. The standard InChI is InChI=1S/C15H17FN2OS2/c1-10-9-20-15(17-10)21-13-7-4-8-18(14(13)19)12-6-3-2-5-11(12)16/h2-3,5-6,10,13H,4,7-9H2,1H3/t10-,13-/m1/s1. The summed E-state index contributed by atoms with van der Waals surface area (Å²) < 4.78 is 14.9. The van der Waals surface area contributed by atoms with Crippen LogP contribution in [-0.4, -0.2) is 33.9 Å². The number of para-hydroxylation sites is 1. The monoisotopic (exact) mass is 324 g/mol. The summed E-state index contributed by atoms with van der Waals surface area (Å²) in [7, 11) is 0. The normalized spacial score (nSPS) is 26.1. The van der Waals surface area contributed by atoms with Crippen LogP contribution in [-0.2, 0) is 4.79 Å². The zero-order chi connectivity index (χ0) is 14.8. The van der Waals surface area contributed by atoms with Crippen LogP contribution in [0.1, 0.15) is 19.8 Å². The van der Waals surface area contributed by atoms with E-state index in [2.05, 4.69) is 11.9 Å². The minimum atomic E-state index is -0.335. The van der Waals surface area contributed by atoms with Crippen molar-refractivity contribution in [1.82, 2.24) is 0 Å². The van der Waals surface area contributed by atoms with Gasteiger partial charge in [-0.1, -0.05) is 35.7 Å². The highest BCUT2D eigenvalue weighted by Gasteiger charge is 2.33. The van der Waals surface area contributed by atoms with E-state index in [4.69, 9.17) is 0 Å². The van der Waals surface area contributed by atoms with Crippen molar-refractivity contribution < 1.29 is 9.18 Å². The number of amides is 1. The van der Waals surface area contributed by atoms with Gasteiger partial charge in [-0.2, -0.15) is 0 Å². The lowest BCUT2D eigenvalue weighted by Gasteiger charge is -2.32. The van der Waals surface area contributed by atoms with Crippen LogP contribution >= 0.6 is 23.5 Å². The molecule has 1 amide bonds. The molecule has 2 aliphatic heterocycles. The van der Waals surface area contributed by atoms with Crippen LogP contribution < -0.4 is 4.90 Å². The molecular formula is C15H17FN2OS2. The van der Waals surface area contributed by atoms with Crippen molar-refractivity contribution >= 4 is 39.5 Å². The first-order valence-corrected chi connectivity index (χ1v) is 8.95. The van der Waals surface area contributed by atoms with Crippen molar-refractivity contribution in [1.29, 1.82) is 0 Å². The molecule has 2 aliphatic rings. The van der Waals surface area contributed by atoms with E-state index >= 15 is 0 Å². The van der Waals surface area contributed by atoms with Crippen LogP contribution in [0.4, 0.5) is 10.1 Å². The maximum atomic E-state index is 13.9. The first-order chi connectivity index (χ1) is 10.1. The van der Waals surface area contributed by atoms with Crippen LogP contribution in [0.5, 0.6) is 0 Å². The third kappa shape index (κ3) is 3.26. The third-order valence-corrected chi connectivity index (χ3v) is 6.22. The molecule has 0 radical (unpaired) electrons. The summed E-state index contributed by atoms with van der Waals surface area (Å²) in [6.45, 7) is 2.67. The Morgan fingerprint density at radius 2 is 2.24 bits per heavy atom. The second kappa shape index (κ2) is 6.40. The van der Waals surface area contributed by atoms with E-state index in [1.807, 2.05) is 0 Å². The lowest BCUT2D eigenvalue weighted by Crippen LogP contribution is -2.43. The number of anilines is 1. The lowest BCUT2D eigenvalue weighted by molar-refractivity contribution is -0.119. The van der Waals surface area contributed by atoms with Crippen LogP contribution in [0.2, 0.25) is 0 Å². The maximum Gasteiger partial charge on any atom is 0.240 e. The van der Waals surface area contributed by atoms with Gasteiger partial charge in [-0.05, 0) is 31.9 Å². The van der Waals surface area contributed by atoms with Gasteiger partial charge in [0.2, 0.25) is 5.91 Å². The molecule has 0 unspecified atom stereocenters. The number of thioether (sulfide) groups is 2. The topological polar surface area (TPSA) is 32.7 Å². The minimum absolute atomic E-state index is 0.000738. The Hall–Kier alpha value is -1.01. The Morgan fingerprint density at radius 1 is 1.43 bits per heavy atom. The van der Waals surface area contributed by atoms with Gasteiger partial charge in [0.05, 0.1) is 17.0 Å². The zero-order valence-electron chi connectivity index (χ0n) is 11.8. The number of halogens is 1. The number of piperidine rings is 1. The average molecular weight is 324 g/mol. The number of hydrogen-bond acceptors (Lipinski definition) is 4. The second-order valence-electron chi connectivity index (χ2n) is 5.25. The van der Waals surface area contributed by atoms with Crippen molar-refractivity contribution in [3.05, 3.63) is 30.1 Å². The number of carbonyl (C=O) groups excluding carboxylic acids is 1. The molecule has 1 aromatic carbocycles. The lowest BCUT2D eigenvalue weighted by atomic mass is 10.1. The molecular weight excluding hydrogens is 307 g/mol. The first kappa shape index (κ1) is 14.9. The fraction of sp³-hybridized carbons (Fsp3) is 0.467. The molecule has 3 nitrogen and oxygen atoms in total. The maximum absolute atomic E-state index is 13.9. The van der Waals surface area contributed by atoms with Gasteiger partial charge < -0.3 is 4.90 Å². The van der Waals surface area contributed by atoms with Gasteiger partial charge in [0.1, 0.15) is 10.2 Å². The molecule has 0 N–H and O–H groups in total. The largest absolute Gasteiger partial charge is 0.309 e. The van der Waals surface area contributed by atoms with E-state index in [0.717, 1.165) is 23.0 Å². The summed E-state index contributed by atoms with van der Waals surface area (Å²) >= 11 is 3.26. The van der Waals surface area contributed by atoms with E-state index < -0.39 is 0 Å². The van der Waals surface area contributed by atoms with Crippen molar-refractivity contribution in [2.75, 3.05) is 17.2 Å². The number of benzene rings is 1. The molecule has 0 saturated carbocycles. The van der Waals surface area contributed by atoms with Crippen molar-refractivity contribution in [2.24, 2.45) is 4.99 Å². The van der Waals surface area contributed by atoms with Gasteiger partial charge >= 0.3 is 0 Å². The highest BCUT2D eigenvalue weighted by molar-refractivity contribution is 8.39. The molecule has 1 saturated heterocycles. The molecule has 1 aromatic rings. The van der Waals surface area contributed by atoms with Crippen LogP contribution in [0.15, 0.2) is 29.3 Å². The Balaban J connectivity index is 1.75. The van der Waals surface area contributed by atoms with E-state index in [1.165, 1.54) is 6.07 Å². The van der Waals surface area contributed by atoms with Gasteiger partial charge in [0.15, 0.2) is 0 Å². The summed E-state index contributed by atoms with van der Waals surface area (Å²) in [5.74, 6) is 0.650. The molecule has 112 valence electrons. The summed E-state index contributed by atoms with van der Waals surface area (Å²) in [5, 5.41) is -0.144. The van der Waals surface area contributed by atoms with E-state index in [0.29, 0.717) is 18.3 Å². The van der Waals surface area contributed by atoms with Crippen molar-refractivity contribution in [3.63, 3.8) is 0 Å². The number of rotatable bonds is 2. The van der Waals surface area contributed by atoms with Gasteiger partial charge in [-0.15, -0.1) is 0 Å². The van der Waals surface area contributed by atoms with Crippen LogP contribution in [0.3, 0.4) is 0 Å². The minimum Gasteiger partial charge on any atom is -0.309 e. The number of carbonyl (C=O) groups is 1. The number of nitrogens with zero attached hydrogens (tertiary/aromatic N) is 2. The van der Waals surface area contributed by atoms with E-state index in [9.17, 15) is 9.18 Å². The highest BCUT2D eigenvalue weighted by atomic mass is 32.2. The Kier molecular flexibility index (Phi) is 4.54. The predicted molar refractivity (Wildman–Crippen MR) is 88.7 cm³/mol. The molecule has 2 atom stereocenters. The fourth-order valence-corrected chi connectivity index (χ4v) is 5.03. The molecule has 1 fully saturated rings. The Morgan fingerprint density at radius 3 is 2.95 bits per heavy atom. The van der Waals surface area contributed by atoms with Gasteiger partial charge in [0.25, 0.3) is 0 Å². The third-order valence-electron chi connectivity index (χ3n) is 3.55. The predicted octanol–water partition coefficient (Wildman–Crippen LogP) is 3.55. The van der Waals surface area contributed by atoms with Gasteiger partial charge in [0, 0.05) is 12.3 Å². The summed E-state index contributed by atoms with van der Waals surface area (Å²) in [5.41, 5.74) is 0.391. The molecule has 0 bridgehead atoms. The fourth-order valence-electron chi connectivity index (χ4n) is 2.49. The summed E-state index contributed by atoms with van der Waals surface area (Å²) in [6, 6.07) is 6.81. The smallest absolute Gasteiger partial charge is 0.240 e. The second-order valence-corrected chi connectivity index (χ2v) is 7.70. The summed E-state index contributed by atoms with van der Waals surface area (Å²) in [4.78, 5) is 18.7. The summed E-state index contributed by atoms with van der Waals surface area (Å²) in [6.07, 6.45) is 1.73. The quantitative estimate of drug-likeness (QED) is 0.834. The molecule has 3 rings (SSSR count). The molecule has 0 spiro atoms. The number of hydrogen-bond donors (Lipinski definition) is 0. The number of aliphatic imine (C=N–C) groups is 1. The Bertz CT molecular complexity index is 579. The van der Waals surface area contributed by atoms with Gasteiger partial charge in [-0.25, -0.2) is 4.39 Å². The van der Waals surface area contributed by atoms with Gasteiger partial charge in [-0.3, -0.25) is 9.79 Å². The SMILES string of the molecule is C[C@@H]1CSC(S[C@@H]2CCCN(c3ccccc3F)C2=O)=N1. The van der Waals surface area contributed by atoms with Crippen molar-refractivity contribution in [3.8, 4) is 0 Å². The van der Waals surface area contributed by atoms with E-state index in [-0.39, 0.29) is 17.0 Å². The first-order valence-electron chi connectivity index (χ1n) is 7.08. The molecule has 0 aliphatic carbocycles. The molecule has 6 heteroatoms. The van der Waals surface area contributed by atoms with Crippen LogP contribution in [0.25, 0.3) is 0 Å². The molecule has 2 heterocycles. The zero-order valence-corrected chi connectivity index (χ0v) is 13.4.